The summed E-state index contributed by atoms with van der Waals surface area (Å²) in [6.07, 6.45) is 0. The van der Waals surface area contributed by atoms with E-state index in [1.165, 1.54) is 0 Å². The predicted octanol–water partition coefficient (Wildman–Crippen LogP) is 2.40. The smallest absolute Gasteiger partial charge is 0.483 e. The monoisotopic (exact) mass is 240 g/mol. The third kappa shape index (κ3) is 1.80. The van der Waals surface area contributed by atoms with Gasteiger partial charge in [-0.05, 0) is 29.8 Å². The van der Waals surface area contributed by atoms with Gasteiger partial charge in [-0.3, -0.25) is 0 Å². The van der Waals surface area contributed by atoms with Gasteiger partial charge in [-0.2, -0.15) is 4.98 Å². The minimum absolute atomic E-state index is 0.150. The molecule has 6 heteroatoms. The standard InChI is InChI=1S/C8H4Cl2N2O.Al/c9-4-1-2-6-5(3-4)7(13)12-8(10)11-6;/h1-3H,(H,11,12,13);/q;+1/p-1. The normalized spacial score (nSPS) is 10.4. The molecule has 0 fully saturated rings. The fourth-order valence-electron chi connectivity index (χ4n) is 1.14. The van der Waals surface area contributed by atoms with Crippen molar-refractivity contribution in [1.82, 2.24) is 9.97 Å². The van der Waals surface area contributed by atoms with E-state index in [4.69, 9.17) is 27.0 Å². The summed E-state index contributed by atoms with van der Waals surface area (Å²) < 4.78 is 4.99. The summed E-state index contributed by atoms with van der Waals surface area (Å²) in [4.78, 5) is 7.95. The van der Waals surface area contributed by atoms with Gasteiger partial charge < -0.3 is 3.79 Å². The number of rotatable bonds is 1. The van der Waals surface area contributed by atoms with Gasteiger partial charge in [0.15, 0.2) is 5.88 Å². The molecule has 68 valence electrons. The molecule has 14 heavy (non-hydrogen) atoms. The molecule has 2 rings (SSSR count). The first-order chi connectivity index (χ1) is 6.70. The van der Waals surface area contributed by atoms with E-state index >= 15 is 0 Å². The summed E-state index contributed by atoms with van der Waals surface area (Å²) in [5, 5.41) is 1.49. The average molecular weight is 241 g/mol. The van der Waals surface area contributed by atoms with E-state index in [9.17, 15) is 0 Å². The summed E-state index contributed by atoms with van der Waals surface area (Å²) in [5.41, 5.74) is 0.701. The number of benzene rings is 1. The molecule has 0 amide bonds. The Labute approximate surface area is 98.8 Å². The summed E-state index contributed by atoms with van der Waals surface area (Å²) in [5.74, 6) is 0.396. The van der Waals surface area contributed by atoms with Crippen molar-refractivity contribution in [1.29, 1.82) is 0 Å². The van der Waals surface area contributed by atoms with Crippen LogP contribution in [0.4, 0.5) is 0 Å². The van der Waals surface area contributed by atoms with Crippen LogP contribution in [0.3, 0.4) is 0 Å². The average Bonchev–Trinajstić information content (AvgIpc) is 2.17. The second kappa shape index (κ2) is 3.92. The number of hydrogen-bond donors (Lipinski definition) is 0. The van der Waals surface area contributed by atoms with Crippen LogP contribution in [0, 0.1) is 0 Å². The zero-order valence-electron chi connectivity index (χ0n) is 6.87. The zero-order valence-corrected chi connectivity index (χ0v) is 9.53. The minimum atomic E-state index is 0.150. The van der Waals surface area contributed by atoms with Crippen molar-refractivity contribution in [3.63, 3.8) is 0 Å². The number of hydrogen-bond acceptors (Lipinski definition) is 3. The first-order valence-corrected chi connectivity index (χ1v) is 4.93. The minimum Gasteiger partial charge on any atom is -0.639 e. The SMILES string of the molecule is [Al][O]c1nc(Cl)nc2ccc(Cl)cc12. The molecule has 2 radical (unpaired) electrons. The van der Waals surface area contributed by atoms with Gasteiger partial charge in [0.2, 0.25) is 5.28 Å². The molecule has 0 aliphatic rings. The molecule has 2 aromatic rings. The molecule has 0 saturated heterocycles. The van der Waals surface area contributed by atoms with Crippen LogP contribution in [0.25, 0.3) is 10.9 Å². The van der Waals surface area contributed by atoms with E-state index in [1.54, 1.807) is 18.2 Å². The van der Waals surface area contributed by atoms with Gasteiger partial charge in [0.05, 0.1) is 10.9 Å². The molecule has 0 spiro atoms. The van der Waals surface area contributed by atoms with Gasteiger partial charge in [-0.1, -0.05) is 11.6 Å². The van der Waals surface area contributed by atoms with Crippen LogP contribution in [0.1, 0.15) is 0 Å². The molecule has 1 heterocycles. The molecule has 0 bridgehead atoms. The highest BCUT2D eigenvalue weighted by atomic mass is 35.5. The molecule has 0 aliphatic heterocycles. The second-order valence-corrected chi connectivity index (χ2v) is 3.59. The van der Waals surface area contributed by atoms with Crippen LogP contribution in [0.5, 0.6) is 5.88 Å². The van der Waals surface area contributed by atoms with Crippen LogP contribution >= 0.6 is 23.2 Å². The Morgan fingerprint density at radius 3 is 2.71 bits per heavy atom. The molecule has 0 atom stereocenters. The lowest BCUT2D eigenvalue weighted by molar-refractivity contribution is 0.595. The Kier molecular flexibility index (Phi) is 2.80. The Morgan fingerprint density at radius 1 is 1.21 bits per heavy atom. The van der Waals surface area contributed by atoms with Gasteiger partial charge in [0, 0.05) is 5.02 Å². The molecular formula is C8H3AlCl2N2O. The first kappa shape index (κ1) is 10.0. The maximum atomic E-state index is 5.84. The fraction of sp³-hybridized carbons (Fsp3) is 0. The van der Waals surface area contributed by atoms with E-state index in [0.29, 0.717) is 16.4 Å². The van der Waals surface area contributed by atoms with E-state index in [1.807, 2.05) is 0 Å². The molecule has 0 saturated carbocycles. The van der Waals surface area contributed by atoms with Crippen molar-refractivity contribution in [3.8, 4) is 5.88 Å². The highest BCUT2D eigenvalue weighted by Gasteiger charge is 2.05. The molecule has 0 aliphatic carbocycles. The summed E-state index contributed by atoms with van der Waals surface area (Å²) in [6.45, 7) is 0. The van der Waals surface area contributed by atoms with Gasteiger partial charge in [-0.25, -0.2) is 4.98 Å². The van der Waals surface area contributed by atoms with Crippen LogP contribution in [-0.2, 0) is 0 Å². The molecule has 1 aromatic heterocycles. The zero-order chi connectivity index (χ0) is 10.1. The van der Waals surface area contributed by atoms with Crippen LogP contribution in [0.15, 0.2) is 18.2 Å². The number of halogens is 2. The molecule has 1 aromatic carbocycles. The molecule has 0 unspecified atom stereocenters. The molecular weight excluding hydrogens is 238 g/mol. The summed E-state index contributed by atoms with van der Waals surface area (Å²) >= 11 is 13.6. The maximum absolute atomic E-state index is 5.84. The first-order valence-electron chi connectivity index (χ1n) is 3.70. The van der Waals surface area contributed by atoms with Crippen molar-refractivity contribution in [2.45, 2.75) is 0 Å². The Bertz CT molecular complexity index is 492. The van der Waals surface area contributed by atoms with Crippen LogP contribution < -0.4 is 3.79 Å². The van der Waals surface area contributed by atoms with E-state index in [0.717, 1.165) is 5.39 Å². The van der Waals surface area contributed by atoms with E-state index < -0.39 is 0 Å². The quantitative estimate of drug-likeness (QED) is 0.568. The Balaban J connectivity index is 2.81. The predicted molar refractivity (Wildman–Crippen MR) is 55.9 cm³/mol. The third-order valence-electron chi connectivity index (χ3n) is 1.71. The van der Waals surface area contributed by atoms with Gasteiger partial charge >= 0.3 is 16.6 Å². The Hall–Kier alpha value is -0.528. The number of nitrogens with zero attached hydrogens (tertiary/aromatic N) is 2. The van der Waals surface area contributed by atoms with Gasteiger partial charge in [-0.15, -0.1) is 0 Å². The second-order valence-electron chi connectivity index (χ2n) is 2.58. The number of fused-ring (bicyclic) bond motifs is 1. The highest BCUT2D eigenvalue weighted by molar-refractivity contribution is 6.31. The van der Waals surface area contributed by atoms with Crippen molar-refractivity contribution >= 4 is 50.7 Å². The van der Waals surface area contributed by atoms with Crippen molar-refractivity contribution in [2.75, 3.05) is 0 Å². The van der Waals surface area contributed by atoms with Gasteiger partial charge in [0.1, 0.15) is 0 Å². The molecule has 0 N–H and O–H groups in total. The van der Waals surface area contributed by atoms with E-state index in [2.05, 4.69) is 26.6 Å². The summed E-state index contributed by atoms with van der Waals surface area (Å²) in [6, 6.07) is 5.23. The summed E-state index contributed by atoms with van der Waals surface area (Å²) in [7, 11) is 0. The lowest BCUT2D eigenvalue weighted by Gasteiger charge is -2.06. The fourth-order valence-corrected chi connectivity index (χ4v) is 1.65. The van der Waals surface area contributed by atoms with E-state index in [-0.39, 0.29) is 5.28 Å². The Morgan fingerprint density at radius 2 is 2.00 bits per heavy atom. The van der Waals surface area contributed by atoms with Crippen molar-refractivity contribution in [3.05, 3.63) is 28.5 Å². The number of aromatic nitrogens is 2. The topological polar surface area (TPSA) is 35.0 Å². The van der Waals surface area contributed by atoms with Crippen LogP contribution in [0.2, 0.25) is 10.3 Å². The lowest BCUT2D eigenvalue weighted by Crippen LogP contribution is -1.93. The lowest BCUT2D eigenvalue weighted by atomic mass is 10.2. The molecule has 3 nitrogen and oxygen atoms in total. The highest BCUT2D eigenvalue weighted by Crippen LogP contribution is 2.26. The third-order valence-corrected chi connectivity index (χ3v) is 2.33. The van der Waals surface area contributed by atoms with Crippen molar-refractivity contribution < 1.29 is 3.79 Å². The largest absolute Gasteiger partial charge is 0.639 e. The van der Waals surface area contributed by atoms with Crippen LogP contribution in [-0.4, -0.2) is 26.6 Å². The van der Waals surface area contributed by atoms with Crippen molar-refractivity contribution in [2.24, 2.45) is 0 Å². The maximum Gasteiger partial charge on any atom is 0.483 e. The van der Waals surface area contributed by atoms with Gasteiger partial charge in [0.25, 0.3) is 0 Å².